The van der Waals surface area contributed by atoms with Crippen molar-refractivity contribution in [3.63, 3.8) is 0 Å². The molecule has 2 heterocycles. The van der Waals surface area contributed by atoms with Crippen LogP contribution < -0.4 is 5.32 Å². The first-order chi connectivity index (χ1) is 11.5. The second-order valence-corrected chi connectivity index (χ2v) is 6.51. The van der Waals surface area contributed by atoms with Gasteiger partial charge in [0.2, 0.25) is 0 Å². The Morgan fingerprint density at radius 3 is 2.29 bits per heavy atom. The Kier molecular flexibility index (Phi) is 5.01. The lowest BCUT2D eigenvalue weighted by atomic mass is 10.1. The fraction of sp³-hybridized carbons (Fsp3) is 0.294. The molecule has 1 aromatic carbocycles. The molecule has 0 unspecified atom stereocenters. The zero-order chi connectivity index (χ0) is 17.1. The highest BCUT2D eigenvalue weighted by Crippen LogP contribution is 2.17. The molecule has 7 heteroatoms. The van der Waals surface area contributed by atoms with Crippen molar-refractivity contribution in [1.82, 2.24) is 9.80 Å². The number of hydrogen-bond donors (Lipinski definition) is 1. The molecule has 0 aliphatic carbocycles. The number of amides is 2. The molecule has 1 aliphatic heterocycles. The lowest BCUT2D eigenvalue weighted by molar-refractivity contribution is 0.0664. The number of anilines is 1. The maximum absolute atomic E-state index is 12.5. The van der Waals surface area contributed by atoms with E-state index in [4.69, 9.17) is 4.42 Å². The minimum absolute atomic E-state index is 0.0240. The van der Waals surface area contributed by atoms with Gasteiger partial charge in [0.15, 0.2) is 10.4 Å². The third kappa shape index (κ3) is 3.85. The van der Waals surface area contributed by atoms with Crippen molar-refractivity contribution in [3.8, 4) is 0 Å². The summed E-state index contributed by atoms with van der Waals surface area (Å²) in [7, 11) is 2.05. The standard InChI is InChI=1S/C17H18BrN3O3/c1-20-8-10-21(11-9-20)17(23)12-2-4-13(5-3-12)19-16(22)14-6-7-15(18)24-14/h2-7H,8-11H2,1H3,(H,19,22). The smallest absolute Gasteiger partial charge is 0.291 e. The molecule has 0 atom stereocenters. The van der Waals surface area contributed by atoms with Crippen LogP contribution in [0.15, 0.2) is 45.5 Å². The molecule has 0 spiro atoms. The molecule has 0 saturated carbocycles. The Morgan fingerprint density at radius 2 is 1.71 bits per heavy atom. The number of halogens is 1. The van der Waals surface area contributed by atoms with Crippen LogP contribution in [0.4, 0.5) is 5.69 Å². The molecule has 0 radical (unpaired) electrons. The van der Waals surface area contributed by atoms with Gasteiger partial charge in [-0.25, -0.2) is 0 Å². The molecule has 1 aromatic heterocycles. The summed E-state index contributed by atoms with van der Waals surface area (Å²) in [5.41, 5.74) is 1.24. The number of likely N-dealkylation sites (N-methyl/N-ethyl adjacent to an activating group) is 1. The van der Waals surface area contributed by atoms with E-state index in [1.807, 2.05) is 4.90 Å². The lowest BCUT2D eigenvalue weighted by Crippen LogP contribution is -2.47. The van der Waals surface area contributed by atoms with Crippen molar-refractivity contribution in [3.05, 3.63) is 52.4 Å². The molecule has 1 aliphatic rings. The Hall–Kier alpha value is -2.12. The normalized spacial score (nSPS) is 15.3. The number of carbonyl (C=O) groups is 2. The zero-order valence-electron chi connectivity index (χ0n) is 13.3. The van der Waals surface area contributed by atoms with Gasteiger partial charge in [-0.2, -0.15) is 0 Å². The van der Waals surface area contributed by atoms with Crippen molar-refractivity contribution >= 4 is 33.4 Å². The van der Waals surface area contributed by atoms with Gasteiger partial charge in [0.05, 0.1) is 0 Å². The van der Waals surface area contributed by atoms with Crippen LogP contribution in [-0.4, -0.2) is 54.8 Å². The largest absolute Gasteiger partial charge is 0.444 e. The second-order valence-electron chi connectivity index (χ2n) is 5.73. The first-order valence-electron chi connectivity index (χ1n) is 7.67. The zero-order valence-corrected chi connectivity index (χ0v) is 14.9. The number of nitrogens with zero attached hydrogens (tertiary/aromatic N) is 2. The van der Waals surface area contributed by atoms with E-state index in [0.717, 1.165) is 26.2 Å². The van der Waals surface area contributed by atoms with E-state index in [1.165, 1.54) is 0 Å². The Labute approximate surface area is 148 Å². The van der Waals surface area contributed by atoms with Crippen LogP contribution in [0.2, 0.25) is 0 Å². The minimum atomic E-state index is -0.334. The highest BCUT2D eigenvalue weighted by atomic mass is 79.9. The number of benzene rings is 1. The van der Waals surface area contributed by atoms with Gasteiger partial charge in [-0.05, 0) is 59.4 Å². The van der Waals surface area contributed by atoms with Crippen molar-refractivity contribution in [2.24, 2.45) is 0 Å². The van der Waals surface area contributed by atoms with Crippen molar-refractivity contribution in [2.45, 2.75) is 0 Å². The van der Waals surface area contributed by atoms with Crippen LogP contribution in [0.1, 0.15) is 20.9 Å². The predicted octanol–water partition coefficient (Wildman–Crippen LogP) is 2.68. The quantitative estimate of drug-likeness (QED) is 0.873. The van der Waals surface area contributed by atoms with E-state index in [9.17, 15) is 9.59 Å². The third-order valence-corrected chi connectivity index (χ3v) is 4.40. The van der Waals surface area contributed by atoms with Crippen LogP contribution in [0, 0.1) is 0 Å². The van der Waals surface area contributed by atoms with Crippen molar-refractivity contribution in [1.29, 1.82) is 0 Å². The molecule has 2 amide bonds. The topological polar surface area (TPSA) is 65.8 Å². The molecule has 0 bridgehead atoms. The maximum atomic E-state index is 12.5. The summed E-state index contributed by atoms with van der Waals surface area (Å²) in [6, 6.07) is 10.2. The summed E-state index contributed by atoms with van der Waals surface area (Å²) >= 11 is 3.16. The van der Waals surface area contributed by atoms with Crippen LogP contribution >= 0.6 is 15.9 Å². The van der Waals surface area contributed by atoms with E-state index in [2.05, 4.69) is 33.2 Å². The molecule has 1 fully saturated rings. The van der Waals surface area contributed by atoms with Crippen molar-refractivity contribution in [2.75, 3.05) is 38.5 Å². The van der Waals surface area contributed by atoms with Crippen LogP contribution in [0.3, 0.4) is 0 Å². The van der Waals surface area contributed by atoms with E-state index >= 15 is 0 Å². The molecule has 1 N–H and O–H groups in total. The second kappa shape index (κ2) is 7.19. The van der Waals surface area contributed by atoms with Crippen molar-refractivity contribution < 1.29 is 14.0 Å². The van der Waals surface area contributed by atoms with E-state index in [0.29, 0.717) is 15.9 Å². The Bertz CT molecular complexity index is 734. The number of hydrogen-bond acceptors (Lipinski definition) is 4. The van der Waals surface area contributed by atoms with Gasteiger partial charge in [-0.15, -0.1) is 0 Å². The molecule has 2 aromatic rings. The number of carbonyl (C=O) groups excluding carboxylic acids is 2. The number of furan rings is 1. The minimum Gasteiger partial charge on any atom is -0.444 e. The van der Waals surface area contributed by atoms with Gasteiger partial charge in [-0.1, -0.05) is 0 Å². The van der Waals surface area contributed by atoms with Crippen LogP contribution in [-0.2, 0) is 0 Å². The third-order valence-electron chi connectivity index (χ3n) is 3.98. The van der Waals surface area contributed by atoms with Gasteiger partial charge in [0.25, 0.3) is 11.8 Å². The van der Waals surface area contributed by atoms with Crippen LogP contribution in [0.5, 0.6) is 0 Å². The van der Waals surface area contributed by atoms with Gasteiger partial charge < -0.3 is 19.5 Å². The molecule has 6 nitrogen and oxygen atoms in total. The molecule has 1 saturated heterocycles. The average Bonchev–Trinajstić information content (AvgIpc) is 3.02. The number of rotatable bonds is 3. The lowest BCUT2D eigenvalue weighted by Gasteiger charge is -2.32. The first-order valence-corrected chi connectivity index (χ1v) is 8.47. The predicted molar refractivity (Wildman–Crippen MR) is 94.2 cm³/mol. The SMILES string of the molecule is CN1CCN(C(=O)c2ccc(NC(=O)c3ccc(Br)o3)cc2)CC1. The summed E-state index contributed by atoms with van der Waals surface area (Å²) in [5, 5.41) is 2.74. The summed E-state index contributed by atoms with van der Waals surface area (Å²) < 4.78 is 5.71. The van der Waals surface area contributed by atoms with Gasteiger partial charge in [0, 0.05) is 37.4 Å². The number of nitrogens with one attached hydrogen (secondary N) is 1. The fourth-order valence-electron chi connectivity index (χ4n) is 2.52. The summed E-state index contributed by atoms with van der Waals surface area (Å²) in [5.74, 6) is -0.0887. The summed E-state index contributed by atoms with van der Waals surface area (Å²) in [4.78, 5) is 28.5. The molecular formula is C17H18BrN3O3. The first kappa shape index (κ1) is 16.7. The summed E-state index contributed by atoms with van der Waals surface area (Å²) in [6.07, 6.45) is 0. The van der Waals surface area contributed by atoms with Crippen LogP contribution in [0.25, 0.3) is 0 Å². The highest BCUT2D eigenvalue weighted by molar-refractivity contribution is 9.10. The molecule has 126 valence electrons. The average molecular weight is 392 g/mol. The van der Waals surface area contributed by atoms with Gasteiger partial charge in [-0.3, -0.25) is 9.59 Å². The summed E-state index contributed by atoms with van der Waals surface area (Å²) in [6.45, 7) is 3.25. The maximum Gasteiger partial charge on any atom is 0.291 e. The fourth-order valence-corrected chi connectivity index (χ4v) is 2.82. The molecule has 24 heavy (non-hydrogen) atoms. The Morgan fingerprint density at radius 1 is 1.04 bits per heavy atom. The van der Waals surface area contributed by atoms with E-state index in [1.54, 1.807) is 36.4 Å². The van der Waals surface area contributed by atoms with E-state index in [-0.39, 0.29) is 17.6 Å². The monoisotopic (exact) mass is 391 g/mol. The van der Waals surface area contributed by atoms with E-state index < -0.39 is 0 Å². The molecular weight excluding hydrogens is 374 g/mol. The Balaban J connectivity index is 1.62. The van der Waals surface area contributed by atoms with Gasteiger partial charge in [0.1, 0.15) is 0 Å². The molecule has 3 rings (SSSR count). The van der Waals surface area contributed by atoms with Gasteiger partial charge >= 0.3 is 0 Å². The number of piperazine rings is 1. The highest BCUT2D eigenvalue weighted by Gasteiger charge is 2.20.